The van der Waals surface area contributed by atoms with Crippen molar-refractivity contribution in [3.63, 3.8) is 0 Å². The van der Waals surface area contributed by atoms with E-state index in [1.165, 1.54) is 5.57 Å². The topological polar surface area (TPSA) is 36.9 Å². The van der Waals surface area contributed by atoms with Gasteiger partial charge < -0.3 is 18.3 Å². The van der Waals surface area contributed by atoms with Crippen LogP contribution in [0.3, 0.4) is 0 Å². The van der Waals surface area contributed by atoms with Crippen molar-refractivity contribution in [3.8, 4) is 0 Å². The first-order chi connectivity index (χ1) is 14.7. The fraction of sp³-hybridized carbons (Fsp3) is 0.846. The maximum Gasteiger partial charge on any atom is 0.193 e. The summed E-state index contributed by atoms with van der Waals surface area (Å²) in [7, 11) is -3.84. The van der Waals surface area contributed by atoms with Gasteiger partial charge in [-0.15, -0.1) is 0 Å². The molecule has 0 amide bonds. The third-order valence-electron chi connectivity index (χ3n) is 8.56. The number of rotatable bonds is 7. The van der Waals surface area contributed by atoms with Crippen LogP contribution in [0, 0.1) is 0 Å². The van der Waals surface area contributed by atoms with Gasteiger partial charge in [0.25, 0.3) is 0 Å². The first-order valence-corrected chi connectivity index (χ1v) is 18.3. The molecule has 3 rings (SSSR count). The molecule has 0 radical (unpaired) electrons. The van der Waals surface area contributed by atoms with Crippen LogP contribution < -0.4 is 0 Å². The Balaban J connectivity index is 2.05. The van der Waals surface area contributed by atoms with Crippen LogP contribution in [0.1, 0.15) is 74.7 Å². The molecule has 32 heavy (non-hydrogen) atoms. The highest BCUT2D eigenvalue weighted by Gasteiger charge is 2.54. The summed E-state index contributed by atoms with van der Waals surface area (Å²) in [6.45, 7) is 22.6. The minimum absolute atomic E-state index is 0.0496. The molecule has 0 spiro atoms. The lowest BCUT2D eigenvalue weighted by Crippen LogP contribution is -2.55. The molecule has 3 aliphatic rings. The Morgan fingerprint density at radius 2 is 1.69 bits per heavy atom. The second-order valence-corrected chi connectivity index (χ2v) is 21.5. The molecule has 0 aromatic rings. The van der Waals surface area contributed by atoms with E-state index in [4.69, 9.17) is 18.3 Å². The molecule has 6 heteroatoms. The third kappa shape index (κ3) is 5.06. The van der Waals surface area contributed by atoms with Crippen LogP contribution in [0.5, 0.6) is 0 Å². The second kappa shape index (κ2) is 9.08. The maximum absolute atomic E-state index is 7.36. The van der Waals surface area contributed by atoms with Crippen molar-refractivity contribution in [1.82, 2.24) is 0 Å². The summed E-state index contributed by atoms with van der Waals surface area (Å²) in [4.78, 5) is 0. The molecule has 1 fully saturated rings. The van der Waals surface area contributed by atoms with Gasteiger partial charge in [-0.1, -0.05) is 59.8 Å². The predicted molar refractivity (Wildman–Crippen MR) is 138 cm³/mol. The number of hydrogen-bond donors (Lipinski definition) is 0. The molecule has 0 aromatic heterocycles. The van der Waals surface area contributed by atoms with E-state index in [1.54, 1.807) is 0 Å². The Bertz CT molecular complexity index is 724. The molecule has 0 unspecified atom stereocenters. The fourth-order valence-corrected chi connectivity index (χ4v) is 9.71. The van der Waals surface area contributed by atoms with Crippen molar-refractivity contribution in [2.24, 2.45) is 0 Å². The average molecular weight is 481 g/mol. The van der Waals surface area contributed by atoms with Gasteiger partial charge in [0.1, 0.15) is 12.2 Å². The summed E-state index contributed by atoms with van der Waals surface area (Å²) in [5.41, 5.74) is 1.07. The first-order valence-electron chi connectivity index (χ1n) is 12.8. The molecular weight excluding hydrogens is 432 g/mol. The zero-order chi connectivity index (χ0) is 24.0. The molecule has 0 bridgehead atoms. The van der Waals surface area contributed by atoms with E-state index >= 15 is 0 Å². The molecule has 1 saturated heterocycles. The van der Waals surface area contributed by atoms with Crippen molar-refractivity contribution >= 4 is 16.6 Å². The van der Waals surface area contributed by atoms with Crippen LogP contribution in [-0.2, 0) is 18.3 Å². The largest absolute Gasteiger partial charge is 0.411 e. The number of fused-ring (bicyclic) bond motifs is 2. The lowest BCUT2D eigenvalue weighted by Gasteiger charge is -2.47. The zero-order valence-electron chi connectivity index (χ0n) is 22.3. The highest BCUT2D eigenvalue weighted by atomic mass is 28.4. The monoisotopic (exact) mass is 480 g/mol. The van der Waals surface area contributed by atoms with Crippen LogP contribution in [0.15, 0.2) is 23.8 Å². The molecule has 1 aliphatic heterocycles. The second-order valence-electron chi connectivity index (χ2n) is 12.1. The van der Waals surface area contributed by atoms with E-state index in [1.807, 2.05) is 13.8 Å². The van der Waals surface area contributed by atoms with Crippen LogP contribution in [0.4, 0.5) is 0 Å². The predicted octanol–water partition coefficient (Wildman–Crippen LogP) is 7.34. The van der Waals surface area contributed by atoms with E-state index in [0.29, 0.717) is 0 Å². The fourth-order valence-electron chi connectivity index (χ4n) is 5.32. The van der Waals surface area contributed by atoms with Gasteiger partial charge in [-0.25, -0.2) is 0 Å². The van der Waals surface area contributed by atoms with Crippen LogP contribution >= 0.6 is 0 Å². The number of hydrogen-bond acceptors (Lipinski definition) is 4. The van der Waals surface area contributed by atoms with Gasteiger partial charge in [0.15, 0.2) is 22.4 Å². The minimum Gasteiger partial charge on any atom is -0.411 e. The SMILES string of the molecule is CC[Si](CC)(CC)O[C@@]12CCC=C1/C=C\[C@H]1OC(C)(C)O[C@H]1[C@@H](O[Si](C)(C)C(C)(C)C)C2. The maximum atomic E-state index is 7.36. The molecule has 0 saturated carbocycles. The summed E-state index contributed by atoms with van der Waals surface area (Å²) >= 11 is 0. The number of ether oxygens (including phenoxy) is 2. The van der Waals surface area contributed by atoms with E-state index in [2.05, 4.69) is 72.9 Å². The Kier molecular flexibility index (Phi) is 7.48. The molecule has 0 aromatic carbocycles. The van der Waals surface area contributed by atoms with Crippen LogP contribution in [0.25, 0.3) is 0 Å². The van der Waals surface area contributed by atoms with Crippen molar-refractivity contribution in [2.45, 2.75) is 141 Å². The molecule has 0 N–H and O–H groups in total. The molecule has 2 aliphatic carbocycles. The first kappa shape index (κ1) is 26.4. The highest BCUT2D eigenvalue weighted by molar-refractivity contribution is 6.74. The van der Waals surface area contributed by atoms with Gasteiger partial charge >= 0.3 is 0 Å². The zero-order valence-corrected chi connectivity index (χ0v) is 24.3. The molecule has 4 atom stereocenters. The van der Waals surface area contributed by atoms with E-state index in [9.17, 15) is 0 Å². The van der Waals surface area contributed by atoms with Gasteiger partial charge in [-0.3, -0.25) is 0 Å². The van der Waals surface area contributed by atoms with Crippen molar-refractivity contribution in [3.05, 3.63) is 23.8 Å². The van der Waals surface area contributed by atoms with E-state index in [-0.39, 0.29) is 29.0 Å². The highest BCUT2D eigenvalue weighted by Crippen LogP contribution is 2.49. The quantitative estimate of drug-likeness (QED) is 0.357. The lowest BCUT2D eigenvalue weighted by molar-refractivity contribution is -0.155. The van der Waals surface area contributed by atoms with E-state index in [0.717, 1.165) is 37.4 Å². The summed E-state index contributed by atoms with van der Waals surface area (Å²) in [5, 5.41) is 0.132. The molecule has 4 nitrogen and oxygen atoms in total. The smallest absolute Gasteiger partial charge is 0.193 e. The van der Waals surface area contributed by atoms with Gasteiger partial charge in [0.05, 0.1) is 11.7 Å². The molecule has 1 heterocycles. The van der Waals surface area contributed by atoms with Crippen LogP contribution in [-0.4, -0.2) is 46.3 Å². The molecule has 184 valence electrons. The standard InChI is InChI=1S/C26H48O4Si2/c1-11-32(12-2,13-3)30-26-18-14-15-20(26)16-17-21-23(28-25(7,8)27-21)22(19-26)29-31(9,10)24(4,5)6/h15-17,21-23H,11-14,18-19H2,1-10H3/b17-16-/t21-,22+,23-,26-/m1/s1. The van der Waals surface area contributed by atoms with Crippen molar-refractivity contribution < 1.29 is 18.3 Å². The lowest BCUT2D eigenvalue weighted by atomic mass is 9.84. The summed E-state index contributed by atoms with van der Waals surface area (Å²) in [5.74, 6) is -0.606. The Hall–Kier alpha value is -0.246. The average Bonchev–Trinajstić information content (AvgIpc) is 3.21. The third-order valence-corrected chi connectivity index (χ3v) is 17.8. The van der Waals surface area contributed by atoms with Gasteiger partial charge in [0, 0.05) is 6.42 Å². The Morgan fingerprint density at radius 3 is 2.25 bits per heavy atom. The van der Waals surface area contributed by atoms with Gasteiger partial charge in [0.2, 0.25) is 0 Å². The molecular formula is C26H48O4Si2. The van der Waals surface area contributed by atoms with Crippen molar-refractivity contribution in [1.29, 1.82) is 0 Å². The van der Waals surface area contributed by atoms with Gasteiger partial charge in [-0.2, -0.15) is 0 Å². The van der Waals surface area contributed by atoms with E-state index < -0.39 is 22.4 Å². The van der Waals surface area contributed by atoms with Crippen LogP contribution in [0.2, 0.25) is 36.3 Å². The summed E-state index contributed by atoms with van der Waals surface area (Å²) < 4.78 is 27.4. The number of allylic oxidation sites excluding steroid dienone is 1. The Morgan fingerprint density at radius 1 is 1.06 bits per heavy atom. The minimum atomic E-state index is -2.02. The Labute approximate surface area is 199 Å². The summed E-state index contributed by atoms with van der Waals surface area (Å²) in [6, 6.07) is 3.47. The summed E-state index contributed by atoms with van der Waals surface area (Å²) in [6.07, 6.45) is 9.58. The van der Waals surface area contributed by atoms with Gasteiger partial charge in [-0.05, 0) is 68.5 Å². The van der Waals surface area contributed by atoms with Crippen molar-refractivity contribution in [2.75, 3.05) is 0 Å². The normalized spacial score (nSPS) is 33.8.